The zero-order valence-electron chi connectivity index (χ0n) is 13.3. The van der Waals surface area contributed by atoms with Crippen molar-refractivity contribution in [3.8, 4) is 0 Å². The summed E-state index contributed by atoms with van der Waals surface area (Å²) in [5.41, 5.74) is -1.90. The highest BCUT2D eigenvalue weighted by molar-refractivity contribution is 5.94. The van der Waals surface area contributed by atoms with Gasteiger partial charge < -0.3 is 10.2 Å². The predicted molar refractivity (Wildman–Crippen MR) is 85.8 cm³/mol. The van der Waals surface area contributed by atoms with Gasteiger partial charge in [-0.25, -0.2) is 4.39 Å². The summed E-state index contributed by atoms with van der Waals surface area (Å²) in [7, 11) is 1.87. The number of hydrogen-bond acceptors (Lipinski definition) is 2. The summed E-state index contributed by atoms with van der Waals surface area (Å²) in [6, 6.07) is 2.83. The van der Waals surface area contributed by atoms with Crippen LogP contribution in [0.1, 0.15) is 35.2 Å². The quantitative estimate of drug-likeness (QED) is 0.821. The average molecular weight is 369 g/mol. The molecule has 1 aromatic carbocycles. The lowest BCUT2D eigenvalue weighted by Crippen LogP contribution is -2.39. The van der Waals surface area contributed by atoms with Crippen molar-refractivity contribution in [1.82, 2.24) is 10.2 Å². The fraction of sp³-hybridized carbons (Fsp3) is 0.562. The smallest absolute Gasteiger partial charge is 0.339 e. The van der Waals surface area contributed by atoms with E-state index < -0.39 is 29.0 Å². The fourth-order valence-corrected chi connectivity index (χ4v) is 2.86. The molecule has 0 bridgehead atoms. The number of likely N-dealkylation sites (tertiary alicyclic amines) is 1. The van der Waals surface area contributed by atoms with Crippen molar-refractivity contribution in [3.05, 3.63) is 35.1 Å². The lowest BCUT2D eigenvalue weighted by molar-refractivity contribution is -0.140. The summed E-state index contributed by atoms with van der Waals surface area (Å²) in [5.74, 6) is -1.67. The molecule has 1 aliphatic heterocycles. The van der Waals surface area contributed by atoms with Crippen LogP contribution >= 0.6 is 12.4 Å². The van der Waals surface area contributed by atoms with Gasteiger partial charge in [0.15, 0.2) is 0 Å². The van der Waals surface area contributed by atoms with Gasteiger partial charge in [-0.15, -0.1) is 12.4 Å². The maximum atomic E-state index is 14.0. The molecule has 2 rings (SSSR count). The third-order valence-electron chi connectivity index (χ3n) is 4.24. The first-order valence-corrected chi connectivity index (χ1v) is 7.64. The summed E-state index contributed by atoms with van der Waals surface area (Å²) in [5, 5.41) is 3.07. The molecule has 0 aliphatic carbocycles. The van der Waals surface area contributed by atoms with Crippen molar-refractivity contribution >= 4 is 18.3 Å². The Labute approximate surface area is 144 Å². The second-order valence-corrected chi connectivity index (χ2v) is 5.79. The molecule has 1 amide bonds. The first-order valence-electron chi connectivity index (χ1n) is 7.64. The Morgan fingerprint density at radius 2 is 1.92 bits per heavy atom. The normalized spacial score (nSPS) is 16.0. The molecule has 1 aromatic rings. The number of alkyl halides is 3. The number of amides is 1. The van der Waals surface area contributed by atoms with Crippen LogP contribution in [-0.4, -0.2) is 37.5 Å². The van der Waals surface area contributed by atoms with Crippen molar-refractivity contribution < 1.29 is 22.4 Å². The first-order chi connectivity index (χ1) is 10.8. The van der Waals surface area contributed by atoms with E-state index in [0.29, 0.717) is 25.1 Å². The van der Waals surface area contributed by atoms with E-state index in [-0.39, 0.29) is 12.4 Å². The Morgan fingerprint density at radius 1 is 1.29 bits per heavy atom. The molecule has 1 N–H and O–H groups in total. The number of benzene rings is 1. The van der Waals surface area contributed by atoms with Crippen molar-refractivity contribution in [2.24, 2.45) is 5.92 Å². The number of nitrogens with zero attached hydrogens (tertiary/aromatic N) is 1. The van der Waals surface area contributed by atoms with E-state index in [1.165, 1.54) is 4.90 Å². The van der Waals surface area contributed by atoms with E-state index in [1.807, 2.05) is 7.05 Å². The minimum atomic E-state index is -4.81. The molecule has 3 nitrogen and oxygen atoms in total. The molecule has 8 heteroatoms. The molecule has 0 atom stereocenters. The Kier molecular flexibility index (Phi) is 7.48. The van der Waals surface area contributed by atoms with Gasteiger partial charge >= 0.3 is 6.18 Å². The van der Waals surface area contributed by atoms with Gasteiger partial charge in [0.1, 0.15) is 5.82 Å². The van der Waals surface area contributed by atoms with Crippen LogP contribution in [0.25, 0.3) is 0 Å². The van der Waals surface area contributed by atoms with Crippen LogP contribution in [0.5, 0.6) is 0 Å². The van der Waals surface area contributed by atoms with E-state index in [2.05, 4.69) is 5.32 Å². The highest BCUT2D eigenvalue weighted by Crippen LogP contribution is 2.33. The third-order valence-corrected chi connectivity index (χ3v) is 4.24. The van der Waals surface area contributed by atoms with Crippen molar-refractivity contribution in [1.29, 1.82) is 0 Å². The Balaban J connectivity index is 0.00000288. The number of nitrogens with one attached hydrogen (secondary N) is 1. The van der Waals surface area contributed by atoms with Gasteiger partial charge in [-0.3, -0.25) is 4.79 Å². The van der Waals surface area contributed by atoms with Gasteiger partial charge in [0.05, 0.1) is 11.1 Å². The maximum Gasteiger partial charge on any atom is 0.419 e. The highest BCUT2D eigenvalue weighted by atomic mass is 35.5. The Bertz CT molecular complexity index is 557. The molecule has 24 heavy (non-hydrogen) atoms. The fourth-order valence-electron chi connectivity index (χ4n) is 2.86. The SMILES string of the molecule is CNCCC1CCN(C(=O)c2cccc(C(F)(F)F)c2F)CC1.Cl. The lowest BCUT2D eigenvalue weighted by atomic mass is 9.93. The number of rotatable bonds is 4. The topological polar surface area (TPSA) is 32.3 Å². The molecule has 1 fully saturated rings. The standard InChI is InChI=1S/C16H20F4N2O.ClH/c1-21-8-5-11-6-9-22(10-7-11)15(23)12-3-2-4-13(14(12)17)16(18,19)20;/h2-4,11,21H,5-10H2,1H3;1H. The molecule has 0 aromatic heterocycles. The summed E-state index contributed by atoms with van der Waals surface area (Å²) in [6.07, 6.45) is -2.24. The van der Waals surface area contributed by atoms with Gasteiger partial charge in [0.2, 0.25) is 0 Å². The van der Waals surface area contributed by atoms with Gasteiger partial charge in [0, 0.05) is 13.1 Å². The van der Waals surface area contributed by atoms with E-state index in [1.54, 1.807) is 0 Å². The molecular formula is C16H21ClF4N2O. The molecule has 0 unspecified atom stereocenters. The minimum Gasteiger partial charge on any atom is -0.339 e. The predicted octanol–water partition coefficient (Wildman–Crippen LogP) is 3.73. The van der Waals surface area contributed by atoms with Crippen LogP contribution < -0.4 is 5.32 Å². The molecule has 1 saturated heterocycles. The van der Waals surface area contributed by atoms with Crippen LogP contribution in [0.2, 0.25) is 0 Å². The summed E-state index contributed by atoms with van der Waals surface area (Å²) >= 11 is 0. The average Bonchev–Trinajstić information content (AvgIpc) is 2.52. The number of piperidine rings is 1. The number of carbonyl (C=O) groups is 1. The molecule has 0 radical (unpaired) electrons. The van der Waals surface area contributed by atoms with Crippen LogP contribution in [0.15, 0.2) is 18.2 Å². The van der Waals surface area contributed by atoms with Crippen molar-refractivity contribution in [2.45, 2.75) is 25.4 Å². The molecule has 1 heterocycles. The zero-order chi connectivity index (χ0) is 17.0. The van der Waals surface area contributed by atoms with E-state index in [9.17, 15) is 22.4 Å². The van der Waals surface area contributed by atoms with Gasteiger partial charge in [-0.05, 0) is 50.9 Å². The lowest BCUT2D eigenvalue weighted by Gasteiger charge is -2.32. The molecule has 136 valence electrons. The molecule has 0 saturated carbocycles. The second kappa shape index (κ2) is 8.67. The number of carbonyl (C=O) groups excluding carboxylic acids is 1. The van der Waals surface area contributed by atoms with Crippen LogP contribution in [0.3, 0.4) is 0 Å². The Hall–Kier alpha value is -1.34. The summed E-state index contributed by atoms with van der Waals surface area (Å²) in [6.45, 7) is 1.78. The molecular weight excluding hydrogens is 348 g/mol. The maximum absolute atomic E-state index is 14.0. The van der Waals surface area contributed by atoms with Crippen LogP contribution in [0.4, 0.5) is 17.6 Å². The molecule has 0 spiro atoms. The first kappa shape index (κ1) is 20.7. The summed E-state index contributed by atoms with van der Waals surface area (Å²) < 4.78 is 52.2. The largest absolute Gasteiger partial charge is 0.419 e. The zero-order valence-corrected chi connectivity index (χ0v) is 14.1. The van der Waals surface area contributed by atoms with E-state index >= 15 is 0 Å². The Morgan fingerprint density at radius 3 is 2.46 bits per heavy atom. The van der Waals surface area contributed by atoms with Crippen LogP contribution in [0, 0.1) is 11.7 Å². The monoisotopic (exact) mass is 368 g/mol. The highest BCUT2D eigenvalue weighted by Gasteiger charge is 2.36. The summed E-state index contributed by atoms with van der Waals surface area (Å²) in [4.78, 5) is 13.8. The van der Waals surface area contributed by atoms with Gasteiger partial charge in [-0.1, -0.05) is 6.07 Å². The van der Waals surface area contributed by atoms with E-state index in [4.69, 9.17) is 0 Å². The number of halogens is 5. The third kappa shape index (κ3) is 4.83. The van der Waals surface area contributed by atoms with Crippen LogP contribution in [-0.2, 0) is 6.18 Å². The second-order valence-electron chi connectivity index (χ2n) is 5.79. The van der Waals surface area contributed by atoms with Crippen molar-refractivity contribution in [3.63, 3.8) is 0 Å². The number of hydrogen-bond donors (Lipinski definition) is 1. The van der Waals surface area contributed by atoms with Gasteiger partial charge in [-0.2, -0.15) is 13.2 Å². The van der Waals surface area contributed by atoms with Crippen molar-refractivity contribution in [2.75, 3.05) is 26.7 Å². The minimum absolute atomic E-state index is 0. The van der Waals surface area contributed by atoms with E-state index in [0.717, 1.165) is 37.9 Å². The van der Waals surface area contributed by atoms with Gasteiger partial charge in [0.25, 0.3) is 5.91 Å². The molecule has 1 aliphatic rings.